The molecule has 0 radical (unpaired) electrons. The first-order chi connectivity index (χ1) is 3.89. The summed E-state index contributed by atoms with van der Waals surface area (Å²) in [6.07, 6.45) is 0. The topological polar surface area (TPSA) is 26.7 Å². The predicted molar refractivity (Wildman–Crippen MR) is 43.9 cm³/mol. The van der Waals surface area contributed by atoms with Crippen LogP contribution in [0.3, 0.4) is 0 Å². The highest BCUT2D eigenvalue weighted by atomic mass is 32.5. The molecule has 0 heterocycles. The second-order valence-corrected chi connectivity index (χ2v) is 6.30. The van der Waals surface area contributed by atoms with E-state index in [0.717, 1.165) is 0 Å². The number of rotatable bonds is 2. The van der Waals surface area contributed by atoms with E-state index in [1.807, 2.05) is 0 Å². The van der Waals surface area contributed by atoms with Crippen molar-refractivity contribution in [1.29, 1.82) is 0 Å². The van der Waals surface area contributed by atoms with Gasteiger partial charge in [-0.05, 0) is 40.0 Å². The molecule has 9 heavy (non-hydrogen) atoms. The molecule has 0 bridgehead atoms. The van der Waals surface area contributed by atoms with Gasteiger partial charge in [-0.2, -0.15) is 0 Å². The summed E-state index contributed by atoms with van der Waals surface area (Å²) in [5, 5.41) is 0. The van der Waals surface area contributed by atoms with E-state index >= 15 is 0 Å². The lowest BCUT2D eigenvalue weighted by atomic mass is 11.3. The van der Waals surface area contributed by atoms with Crippen molar-refractivity contribution in [2.45, 2.75) is 0 Å². The van der Waals surface area contributed by atoms with Crippen molar-refractivity contribution in [2.75, 3.05) is 28.2 Å². The van der Waals surface area contributed by atoms with E-state index in [1.54, 1.807) is 37.5 Å². The molecule has 3 nitrogen and oxygen atoms in total. The highest BCUT2D eigenvalue weighted by Gasteiger charge is 2.17. The fraction of sp³-hybridized carbons (Fsp3) is 1.00. The quantitative estimate of drug-likeness (QED) is 0.601. The third-order valence-electron chi connectivity index (χ3n) is 1.04. The molecule has 56 valence electrons. The zero-order valence-electron chi connectivity index (χ0n) is 6.20. The normalized spacial score (nSPS) is 13.2. The molecule has 0 fully saturated rings. The Morgan fingerprint density at radius 1 is 1.11 bits per heavy atom. The molecular weight excluding hydrogens is 155 g/mol. The van der Waals surface area contributed by atoms with E-state index in [-0.39, 0.29) is 0 Å². The molecule has 0 aromatic heterocycles. The van der Waals surface area contributed by atoms with Crippen molar-refractivity contribution < 1.29 is 4.89 Å². The van der Waals surface area contributed by atoms with Crippen molar-refractivity contribution in [3.63, 3.8) is 0 Å². The van der Waals surface area contributed by atoms with Crippen LogP contribution in [0.4, 0.5) is 0 Å². The summed E-state index contributed by atoms with van der Waals surface area (Å²) in [7, 11) is 7.11. The third-order valence-corrected chi connectivity index (χ3v) is 5.09. The maximum atomic E-state index is 9.45. The summed E-state index contributed by atoms with van der Waals surface area (Å²) in [4.78, 5) is 9.45. The van der Waals surface area contributed by atoms with E-state index in [4.69, 9.17) is 11.8 Å². The van der Waals surface area contributed by atoms with Gasteiger partial charge in [-0.3, -0.25) is 0 Å². The average molecular weight is 168 g/mol. The highest BCUT2D eigenvalue weighted by molar-refractivity contribution is 8.09. The molecule has 0 unspecified atom stereocenters. The van der Waals surface area contributed by atoms with Gasteiger partial charge in [0.25, 0.3) is 0 Å². The van der Waals surface area contributed by atoms with Crippen LogP contribution in [0.2, 0.25) is 0 Å². The van der Waals surface area contributed by atoms with Crippen LogP contribution in [0.15, 0.2) is 0 Å². The Morgan fingerprint density at radius 2 is 1.33 bits per heavy atom. The second kappa shape index (κ2) is 3.08. The van der Waals surface area contributed by atoms with Gasteiger partial charge in [0.1, 0.15) is 0 Å². The lowest BCUT2D eigenvalue weighted by molar-refractivity contribution is 0.444. The van der Waals surface area contributed by atoms with E-state index in [1.165, 1.54) is 0 Å². The fourth-order valence-corrected chi connectivity index (χ4v) is 1.07. The largest absolute Gasteiger partial charge is 0.343 e. The molecule has 0 rings (SSSR count). The first-order valence-electron chi connectivity index (χ1n) is 2.57. The Morgan fingerprint density at radius 3 is 1.33 bits per heavy atom. The van der Waals surface area contributed by atoms with Gasteiger partial charge in [0.15, 0.2) is 6.57 Å². The summed E-state index contributed by atoms with van der Waals surface area (Å²) < 4.78 is 3.34. The summed E-state index contributed by atoms with van der Waals surface area (Å²) in [6.45, 7) is -2.34. The molecule has 0 atom stereocenters. The van der Waals surface area contributed by atoms with Crippen LogP contribution in [0, 0.1) is 0 Å². The van der Waals surface area contributed by atoms with Gasteiger partial charge in [-0.15, -0.1) is 0 Å². The van der Waals surface area contributed by atoms with E-state index in [9.17, 15) is 4.89 Å². The molecule has 0 aromatic rings. The predicted octanol–water partition coefficient (Wildman–Crippen LogP) is 0.326. The molecule has 0 aliphatic heterocycles. The molecule has 0 aromatic carbocycles. The smallest absolute Gasteiger partial charge is 0.199 e. The van der Waals surface area contributed by atoms with Crippen LogP contribution in [0.5, 0.6) is 0 Å². The van der Waals surface area contributed by atoms with E-state index < -0.39 is 6.57 Å². The Bertz CT molecular complexity index is 125. The molecule has 0 spiro atoms. The molecular formula is C4H13N2OPS. The second-order valence-electron chi connectivity index (χ2n) is 2.21. The third kappa shape index (κ3) is 2.32. The van der Waals surface area contributed by atoms with Crippen molar-refractivity contribution in [3.05, 3.63) is 0 Å². The first-order valence-corrected chi connectivity index (χ1v) is 5.23. The molecule has 0 saturated heterocycles. The summed E-state index contributed by atoms with van der Waals surface area (Å²) in [6, 6.07) is 0. The van der Waals surface area contributed by atoms with Gasteiger partial charge < -0.3 is 4.89 Å². The monoisotopic (exact) mass is 168 g/mol. The van der Waals surface area contributed by atoms with Crippen LogP contribution in [-0.2, 0) is 11.8 Å². The lowest BCUT2D eigenvalue weighted by Gasteiger charge is -2.28. The Hall–Kier alpha value is 0.530. The zero-order valence-corrected chi connectivity index (χ0v) is 7.91. The Balaban J connectivity index is 4.21. The van der Waals surface area contributed by atoms with Gasteiger partial charge in [0.2, 0.25) is 0 Å². The molecule has 1 N–H and O–H groups in total. The maximum absolute atomic E-state index is 9.45. The van der Waals surface area contributed by atoms with E-state index in [2.05, 4.69) is 0 Å². The fourth-order valence-electron chi connectivity index (χ4n) is 0.358. The number of hydrogen-bond donors (Lipinski definition) is 1. The summed E-state index contributed by atoms with van der Waals surface area (Å²) in [5.41, 5.74) is 0. The number of hydrogen-bond acceptors (Lipinski definition) is 1. The van der Waals surface area contributed by atoms with Crippen LogP contribution < -0.4 is 0 Å². The standard InChI is InChI=1S/C4H13N2OPS/c1-5(2)8(7,9)6(3)4/h1-4H3,(H,7,9). The first kappa shape index (κ1) is 9.53. The van der Waals surface area contributed by atoms with Crippen LogP contribution in [0.1, 0.15) is 0 Å². The lowest BCUT2D eigenvalue weighted by Crippen LogP contribution is -2.19. The van der Waals surface area contributed by atoms with Gasteiger partial charge in [-0.25, -0.2) is 9.34 Å². The van der Waals surface area contributed by atoms with Crippen molar-refractivity contribution in [1.82, 2.24) is 9.34 Å². The van der Waals surface area contributed by atoms with Crippen LogP contribution in [-0.4, -0.2) is 42.4 Å². The average Bonchev–Trinajstić information content (AvgIpc) is 1.65. The minimum atomic E-state index is -2.34. The highest BCUT2D eigenvalue weighted by Crippen LogP contribution is 2.44. The Labute approximate surface area is 61.5 Å². The van der Waals surface area contributed by atoms with E-state index in [0.29, 0.717) is 0 Å². The minimum absolute atomic E-state index is 1.67. The zero-order chi connectivity index (χ0) is 7.65. The SMILES string of the molecule is CN(C)P(O)(=S)N(C)C. The molecule has 0 amide bonds. The molecule has 0 aliphatic rings. The molecule has 0 saturated carbocycles. The van der Waals surface area contributed by atoms with Crippen LogP contribution in [0.25, 0.3) is 0 Å². The van der Waals surface area contributed by atoms with Gasteiger partial charge in [-0.1, -0.05) is 0 Å². The Kier molecular flexibility index (Phi) is 3.26. The summed E-state index contributed by atoms with van der Waals surface area (Å²) >= 11 is 4.91. The van der Waals surface area contributed by atoms with Gasteiger partial charge in [0.05, 0.1) is 0 Å². The van der Waals surface area contributed by atoms with Gasteiger partial charge in [0, 0.05) is 0 Å². The van der Waals surface area contributed by atoms with Crippen molar-refractivity contribution in [2.24, 2.45) is 0 Å². The molecule has 5 heteroatoms. The summed E-state index contributed by atoms with van der Waals surface area (Å²) in [5.74, 6) is 0. The van der Waals surface area contributed by atoms with Gasteiger partial charge >= 0.3 is 0 Å². The van der Waals surface area contributed by atoms with Crippen molar-refractivity contribution in [3.8, 4) is 0 Å². The maximum Gasteiger partial charge on any atom is 0.199 e. The minimum Gasteiger partial charge on any atom is -0.343 e. The number of nitrogens with zero attached hydrogens (tertiary/aromatic N) is 2. The molecule has 0 aliphatic carbocycles. The van der Waals surface area contributed by atoms with Crippen molar-refractivity contribution >= 4 is 18.4 Å². The van der Waals surface area contributed by atoms with Crippen LogP contribution >= 0.6 is 6.57 Å².